The van der Waals surface area contributed by atoms with E-state index in [1.54, 1.807) is 18.2 Å². The Hall–Kier alpha value is -2.24. The molecule has 2 amide bonds. The predicted octanol–water partition coefficient (Wildman–Crippen LogP) is 4.04. The molecule has 2 aromatic rings. The van der Waals surface area contributed by atoms with Crippen molar-refractivity contribution >= 4 is 40.7 Å². The van der Waals surface area contributed by atoms with Crippen LogP contribution in [0.25, 0.3) is 0 Å². The average Bonchev–Trinajstić information content (AvgIpc) is 2.57. The molecule has 0 bridgehead atoms. The third-order valence-corrected chi connectivity index (χ3v) is 3.97. The fourth-order valence-corrected chi connectivity index (χ4v) is 2.35. The number of nitrogens with one attached hydrogen (secondary N) is 2. The molecule has 0 radical (unpaired) electrons. The summed E-state index contributed by atoms with van der Waals surface area (Å²) in [5.74, 6) is -0.833. The Kier molecular flexibility index (Phi) is 6.67. The molecule has 0 aliphatic carbocycles. The average molecular weight is 381 g/mol. The van der Waals surface area contributed by atoms with Gasteiger partial charge in [-0.15, -0.1) is 0 Å². The maximum absolute atomic E-state index is 11.9. The van der Waals surface area contributed by atoms with Crippen LogP contribution in [0.15, 0.2) is 42.5 Å². The maximum Gasteiger partial charge on any atom is 0.313 e. The van der Waals surface area contributed by atoms with Gasteiger partial charge in [0.2, 0.25) is 0 Å². The maximum atomic E-state index is 11.9. The number of halogens is 2. The van der Waals surface area contributed by atoms with Crippen LogP contribution in [-0.4, -0.2) is 17.9 Å². The Morgan fingerprint density at radius 3 is 2.36 bits per heavy atom. The monoisotopic (exact) mass is 380 g/mol. The lowest BCUT2D eigenvalue weighted by Gasteiger charge is -2.11. The molecule has 0 atom stereocenters. The van der Waals surface area contributed by atoms with Crippen molar-refractivity contribution in [1.82, 2.24) is 5.32 Å². The van der Waals surface area contributed by atoms with Gasteiger partial charge in [0.05, 0.1) is 21.8 Å². The number of anilines is 1. The largest absolute Gasteiger partial charge is 0.491 e. The third kappa shape index (κ3) is 5.66. The molecule has 0 fully saturated rings. The Morgan fingerprint density at radius 1 is 1.04 bits per heavy atom. The number of rotatable bonds is 5. The Balaban J connectivity index is 1.89. The standard InChI is InChI=1S/C18H18Cl2N2O3/c1-11(2)25-13-8-6-12(7-9-13)10-21-17(23)18(24)22-15-5-3-4-14(19)16(15)20/h3-9,11H,10H2,1-2H3,(H,21,23)(H,22,24). The molecule has 0 saturated carbocycles. The third-order valence-electron chi connectivity index (χ3n) is 3.15. The lowest BCUT2D eigenvalue weighted by atomic mass is 10.2. The van der Waals surface area contributed by atoms with Crippen molar-refractivity contribution in [3.8, 4) is 5.75 Å². The molecule has 0 aliphatic heterocycles. The van der Waals surface area contributed by atoms with Crippen molar-refractivity contribution in [1.29, 1.82) is 0 Å². The molecule has 0 unspecified atom stereocenters. The summed E-state index contributed by atoms with van der Waals surface area (Å²) in [5, 5.41) is 5.46. The molecule has 2 aromatic carbocycles. The first-order chi connectivity index (χ1) is 11.9. The summed E-state index contributed by atoms with van der Waals surface area (Å²) in [6.45, 7) is 4.11. The minimum Gasteiger partial charge on any atom is -0.491 e. The van der Waals surface area contributed by atoms with E-state index in [-0.39, 0.29) is 23.4 Å². The normalized spacial score (nSPS) is 10.4. The molecule has 132 valence electrons. The molecule has 2 rings (SSSR count). The molecule has 5 nitrogen and oxygen atoms in total. The van der Waals surface area contributed by atoms with E-state index in [1.165, 1.54) is 0 Å². The first kappa shape index (κ1) is 19.1. The summed E-state index contributed by atoms with van der Waals surface area (Å²) in [7, 11) is 0. The van der Waals surface area contributed by atoms with E-state index >= 15 is 0 Å². The summed E-state index contributed by atoms with van der Waals surface area (Å²) in [4.78, 5) is 23.8. The number of benzene rings is 2. The van der Waals surface area contributed by atoms with Gasteiger partial charge in [-0.1, -0.05) is 41.4 Å². The van der Waals surface area contributed by atoms with Crippen molar-refractivity contribution < 1.29 is 14.3 Å². The van der Waals surface area contributed by atoms with E-state index in [4.69, 9.17) is 27.9 Å². The van der Waals surface area contributed by atoms with E-state index in [0.29, 0.717) is 5.02 Å². The molecular formula is C18H18Cl2N2O3. The highest BCUT2D eigenvalue weighted by molar-refractivity contribution is 6.45. The van der Waals surface area contributed by atoms with Crippen LogP contribution in [0.2, 0.25) is 10.0 Å². The Morgan fingerprint density at radius 2 is 1.72 bits per heavy atom. The molecule has 7 heteroatoms. The number of ether oxygens (including phenoxy) is 1. The van der Waals surface area contributed by atoms with Gasteiger partial charge in [0.25, 0.3) is 0 Å². The van der Waals surface area contributed by atoms with Crippen LogP contribution in [0.3, 0.4) is 0 Å². The minimum atomic E-state index is -0.816. The quantitative estimate of drug-likeness (QED) is 0.769. The second-order valence-corrected chi connectivity index (χ2v) is 6.33. The second kappa shape index (κ2) is 8.74. The van der Waals surface area contributed by atoms with Crippen molar-refractivity contribution in [2.24, 2.45) is 0 Å². The smallest absolute Gasteiger partial charge is 0.313 e. The van der Waals surface area contributed by atoms with E-state index in [0.717, 1.165) is 11.3 Å². The zero-order valence-electron chi connectivity index (χ0n) is 13.8. The minimum absolute atomic E-state index is 0.0903. The molecule has 0 heterocycles. The van der Waals surface area contributed by atoms with Gasteiger partial charge in [0.15, 0.2) is 0 Å². The number of hydrogen-bond acceptors (Lipinski definition) is 3. The van der Waals surface area contributed by atoms with Gasteiger partial charge in [-0.25, -0.2) is 0 Å². The highest BCUT2D eigenvalue weighted by Gasteiger charge is 2.15. The van der Waals surface area contributed by atoms with Gasteiger partial charge in [0.1, 0.15) is 5.75 Å². The van der Waals surface area contributed by atoms with Crippen LogP contribution in [0, 0.1) is 0 Å². The number of hydrogen-bond donors (Lipinski definition) is 2. The van der Waals surface area contributed by atoms with E-state index in [2.05, 4.69) is 10.6 Å². The first-order valence-electron chi connectivity index (χ1n) is 7.65. The zero-order valence-corrected chi connectivity index (χ0v) is 15.3. The van der Waals surface area contributed by atoms with E-state index in [1.807, 2.05) is 38.1 Å². The lowest BCUT2D eigenvalue weighted by molar-refractivity contribution is -0.136. The molecule has 0 saturated heterocycles. The molecular weight excluding hydrogens is 363 g/mol. The summed E-state index contributed by atoms with van der Waals surface area (Å²) in [6, 6.07) is 12.1. The number of amides is 2. The van der Waals surface area contributed by atoms with Crippen molar-refractivity contribution in [2.75, 3.05) is 5.32 Å². The number of carbonyl (C=O) groups excluding carboxylic acids is 2. The van der Waals surface area contributed by atoms with Gasteiger partial charge in [-0.05, 0) is 43.7 Å². The Labute approximate surface area is 156 Å². The fraction of sp³-hybridized carbons (Fsp3) is 0.222. The fourth-order valence-electron chi connectivity index (χ4n) is 2.00. The van der Waals surface area contributed by atoms with Crippen LogP contribution >= 0.6 is 23.2 Å². The number of carbonyl (C=O) groups is 2. The molecule has 0 aliphatic rings. The SMILES string of the molecule is CC(C)Oc1ccc(CNC(=O)C(=O)Nc2cccc(Cl)c2Cl)cc1. The van der Waals surface area contributed by atoms with E-state index < -0.39 is 11.8 Å². The van der Waals surface area contributed by atoms with Gasteiger partial charge in [-0.3, -0.25) is 9.59 Å². The van der Waals surface area contributed by atoms with Gasteiger partial charge < -0.3 is 15.4 Å². The first-order valence-corrected chi connectivity index (χ1v) is 8.41. The second-order valence-electron chi connectivity index (χ2n) is 5.55. The lowest BCUT2D eigenvalue weighted by Crippen LogP contribution is -2.35. The summed E-state index contributed by atoms with van der Waals surface area (Å²) < 4.78 is 5.55. The summed E-state index contributed by atoms with van der Waals surface area (Å²) >= 11 is 11.8. The summed E-state index contributed by atoms with van der Waals surface area (Å²) in [6.07, 6.45) is 0.0903. The van der Waals surface area contributed by atoms with Crippen LogP contribution in [0.4, 0.5) is 5.69 Å². The molecule has 25 heavy (non-hydrogen) atoms. The highest BCUT2D eigenvalue weighted by atomic mass is 35.5. The van der Waals surface area contributed by atoms with Crippen molar-refractivity contribution in [2.45, 2.75) is 26.5 Å². The van der Waals surface area contributed by atoms with Crippen LogP contribution in [0.5, 0.6) is 5.75 Å². The Bertz CT molecular complexity index is 761. The van der Waals surface area contributed by atoms with Gasteiger partial charge >= 0.3 is 11.8 Å². The van der Waals surface area contributed by atoms with Crippen LogP contribution < -0.4 is 15.4 Å². The van der Waals surface area contributed by atoms with Crippen LogP contribution in [0.1, 0.15) is 19.4 Å². The topological polar surface area (TPSA) is 67.4 Å². The predicted molar refractivity (Wildman–Crippen MR) is 99.1 cm³/mol. The van der Waals surface area contributed by atoms with Crippen LogP contribution in [-0.2, 0) is 16.1 Å². The van der Waals surface area contributed by atoms with Gasteiger partial charge in [-0.2, -0.15) is 0 Å². The highest BCUT2D eigenvalue weighted by Crippen LogP contribution is 2.29. The molecule has 0 spiro atoms. The zero-order chi connectivity index (χ0) is 18.4. The summed E-state index contributed by atoms with van der Waals surface area (Å²) in [5.41, 5.74) is 1.13. The van der Waals surface area contributed by atoms with Gasteiger partial charge in [0, 0.05) is 6.54 Å². The van der Waals surface area contributed by atoms with Crippen molar-refractivity contribution in [3.63, 3.8) is 0 Å². The van der Waals surface area contributed by atoms with Crippen molar-refractivity contribution in [3.05, 3.63) is 58.1 Å². The van der Waals surface area contributed by atoms with E-state index in [9.17, 15) is 9.59 Å². The molecule has 2 N–H and O–H groups in total. The molecule has 0 aromatic heterocycles.